The molecule has 3 aliphatic heterocycles. The average Bonchev–Trinajstić information content (AvgIpc) is 2.93. The zero-order valence-electron chi connectivity index (χ0n) is 23.8. The van der Waals surface area contributed by atoms with Gasteiger partial charge < -0.3 is 15.2 Å². The van der Waals surface area contributed by atoms with Gasteiger partial charge in [-0.2, -0.15) is 4.31 Å². The summed E-state index contributed by atoms with van der Waals surface area (Å²) in [6.45, 7) is 7.51. The standard InChI is InChI=1S/C32H37N3O5S/c1-20-7-6-8-25(22(20)3)23-9-11-24(12-10-23)32-27-17-34(13-4-5-14-35(27)28(32)18-36)41(38,39)30-16-29-26(15-21(30)2)33-31(37)19-40-29/h6-12,15-16,27-28,32,36H,4-5,13-14,17-19H2,1-3H3,(H,33,37)/t27-,28?,32?/m0/s1. The summed E-state index contributed by atoms with van der Waals surface area (Å²) < 4.78 is 35.3. The molecule has 2 fully saturated rings. The first-order valence-electron chi connectivity index (χ1n) is 14.3. The van der Waals surface area contributed by atoms with Gasteiger partial charge in [0.2, 0.25) is 10.0 Å². The van der Waals surface area contributed by atoms with E-state index in [0.29, 0.717) is 30.1 Å². The molecule has 0 spiro atoms. The summed E-state index contributed by atoms with van der Waals surface area (Å²) in [5.74, 6) is 0.132. The molecule has 3 aromatic rings. The normalized spacial score (nSPS) is 23.3. The number of aliphatic hydroxyl groups is 1. The lowest BCUT2D eigenvalue weighted by atomic mass is 9.74. The van der Waals surface area contributed by atoms with E-state index < -0.39 is 10.0 Å². The molecule has 2 N–H and O–H groups in total. The van der Waals surface area contributed by atoms with Gasteiger partial charge in [-0.05, 0) is 79.6 Å². The molecular weight excluding hydrogens is 538 g/mol. The highest BCUT2D eigenvalue weighted by atomic mass is 32.2. The first-order chi connectivity index (χ1) is 19.7. The molecule has 0 bridgehead atoms. The van der Waals surface area contributed by atoms with Gasteiger partial charge in [0.25, 0.3) is 5.91 Å². The van der Waals surface area contributed by atoms with Crippen LogP contribution < -0.4 is 10.1 Å². The van der Waals surface area contributed by atoms with Crippen molar-refractivity contribution in [3.05, 3.63) is 76.9 Å². The molecule has 8 nitrogen and oxygen atoms in total. The van der Waals surface area contributed by atoms with Crippen LogP contribution in [0.15, 0.2) is 59.5 Å². The summed E-state index contributed by atoms with van der Waals surface area (Å²) in [6.07, 6.45) is 1.60. The molecule has 9 heteroatoms. The third-order valence-corrected chi connectivity index (χ3v) is 11.1. The van der Waals surface area contributed by atoms with E-state index in [9.17, 15) is 18.3 Å². The number of fused-ring (bicyclic) bond motifs is 2. The second kappa shape index (κ2) is 10.9. The number of carbonyl (C=O) groups is 1. The number of nitrogens with zero attached hydrogens (tertiary/aromatic N) is 2. The van der Waals surface area contributed by atoms with Gasteiger partial charge >= 0.3 is 0 Å². The van der Waals surface area contributed by atoms with Gasteiger partial charge in [0.1, 0.15) is 5.75 Å². The number of amides is 1. The fourth-order valence-corrected chi connectivity index (χ4v) is 8.43. The first kappa shape index (κ1) is 27.9. The van der Waals surface area contributed by atoms with E-state index >= 15 is 0 Å². The van der Waals surface area contributed by atoms with Crippen molar-refractivity contribution in [3.63, 3.8) is 0 Å². The molecule has 41 heavy (non-hydrogen) atoms. The Hall–Kier alpha value is -3.24. The Kier molecular flexibility index (Phi) is 7.40. The Morgan fingerprint density at radius 1 is 1.00 bits per heavy atom. The molecule has 0 aromatic heterocycles. The van der Waals surface area contributed by atoms with Crippen molar-refractivity contribution < 1.29 is 23.1 Å². The molecule has 0 aliphatic carbocycles. The van der Waals surface area contributed by atoms with Crippen LogP contribution in [0.1, 0.15) is 41.0 Å². The van der Waals surface area contributed by atoms with Crippen molar-refractivity contribution >= 4 is 21.6 Å². The molecule has 3 heterocycles. The van der Waals surface area contributed by atoms with Gasteiger partial charge in [0, 0.05) is 37.2 Å². The maximum absolute atomic E-state index is 14.1. The highest BCUT2D eigenvalue weighted by Gasteiger charge is 2.50. The SMILES string of the molecule is Cc1cc2c(cc1S(=O)(=O)N1CCCCN3C(CO)C(c4ccc(-c5cccc(C)c5C)cc4)[C@@H]3C1)OCC(=O)N2. The van der Waals surface area contributed by atoms with Crippen molar-refractivity contribution in [1.82, 2.24) is 9.21 Å². The summed E-state index contributed by atoms with van der Waals surface area (Å²) in [5.41, 5.74) is 7.04. The van der Waals surface area contributed by atoms with Crippen LogP contribution in [0.5, 0.6) is 5.75 Å². The summed E-state index contributed by atoms with van der Waals surface area (Å²) >= 11 is 0. The minimum atomic E-state index is -3.83. The van der Waals surface area contributed by atoms with E-state index in [1.807, 2.05) is 0 Å². The fourth-order valence-electron chi connectivity index (χ4n) is 6.71. The van der Waals surface area contributed by atoms with E-state index in [1.54, 1.807) is 17.3 Å². The van der Waals surface area contributed by atoms with E-state index in [2.05, 4.69) is 66.5 Å². The van der Waals surface area contributed by atoms with Crippen LogP contribution in [0.4, 0.5) is 5.69 Å². The third-order valence-electron chi connectivity index (χ3n) is 9.07. The van der Waals surface area contributed by atoms with Gasteiger partial charge in [-0.3, -0.25) is 9.69 Å². The number of anilines is 1. The quantitative estimate of drug-likeness (QED) is 0.473. The summed E-state index contributed by atoms with van der Waals surface area (Å²) in [4.78, 5) is 14.2. The van der Waals surface area contributed by atoms with E-state index in [0.717, 1.165) is 30.5 Å². The van der Waals surface area contributed by atoms with Crippen LogP contribution >= 0.6 is 0 Å². The third kappa shape index (κ3) is 4.95. The number of hydrogen-bond donors (Lipinski definition) is 2. The second-order valence-electron chi connectivity index (χ2n) is 11.5. The number of nitrogens with one attached hydrogen (secondary N) is 1. The molecule has 3 atom stereocenters. The number of aliphatic hydroxyl groups excluding tert-OH is 1. The topological polar surface area (TPSA) is 99.2 Å². The lowest BCUT2D eigenvalue weighted by Crippen LogP contribution is -2.67. The minimum absolute atomic E-state index is 0.0200. The fraction of sp³-hybridized carbons (Fsp3) is 0.406. The van der Waals surface area contributed by atoms with E-state index in [4.69, 9.17) is 4.74 Å². The summed E-state index contributed by atoms with van der Waals surface area (Å²) in [5, 5.41) is 13.1. The van der Waals surface area contributed by atoms with Crippen LogP contribution in [-0.4, -0.2) is 73.6 Å². The number of benzene rings is 3. The molecule has 216 valence electrons. The lowest BCUT2D eigenvalue weighted by molar-refractivity contribution is -0.118. The van der Waals surface area contributed by atoms with Crippen molar-refractivity contribution in [3.8, 4) is 16.9 Å². The maximum Gasteiger partial charge on any atom is 0.262 e. The second-order valence-corrected chi connectivity index (χ2v) is 13.4. The van der Waals surface area contributed by atoms with Gasteiger partial charge in [0.05, 0.1) is 17.2 Å². The molecular formula is C32H37N3O5S. The van der Waals surface area contributed by atoms with Gasteiger partial charge in [-0.1, -0.05) is 42.5 Å². The Bertz CT molecular complexity index is 1590. The number of hydrogen-bond acceptors (Lipinski definition) is 6. The van der Waals surface area contributed by atoms with E-state index in [-0.39, 0.29) is 42.0 Å². The van der Waals surface area contributed by atoms with Crippen LogP contribution in [0.3, 0.4) is 0 Å². The Balaban J connectivity index is 1.29. The average molecular weight is 576 g/mol. The molecule has 3 aromatic carbocycles. The van der Waals surface area contributed by atoms with Crippen molar-refractivity contribution in [2.45, 2.75) is 56.5 Å². The number of carbonyl (C=O) groups excluding carboxylic acids is 1. The minimum Gasteiger partial charge on any atom is -0.482 e. The van der Waals surface area contributed by atoms with Gasteiger partial charge in [-0.15, -0.1) is 0 Å². The van der Waals surface area contributed by atoms with Crippen LogP contribution in [0.2, 0.25) is 0 Å². The Morgan fingerprint density at radius 2 is 1.76 bits per heavy atom. The smallest absolute Gasteiger partial charge is 0.262 e. The molecule has 6 rings (SSSR count). The van der Waals surface area contributed by atoms with Crippen molar-refractivity contribution in [2.24, 2.45) is 0 Å². The number of ether oxygens (including phenoxy) is 1. The summed E-state index contributed by atoms with van der Waals surface area (Å²) in [7, 11) is -3.83. The monoisotopic (exact) mass is 575 g/mol. The molecule has 0 saturated carbocycles. The maximum atomic E-state index is 14.1. The highest BCUT2D eigenvalue weighted by Crippen LogP contribution is 2.43. The Labute approximate surface area is 242 Å². The predicted molar refractivity (Wildman–Crippen MR) is 159 cm³/mol. The van der Waals surface area contributed by atoms with Crippen LogP contribution in [0, 0.1) is 20.8 Å². The lowest BCUT2D eigenvalue weighted by Gasteiger charge is -2.57. The number of sulfonamides is 1. The number of rotatable bonds is 5. The van der Waals surface area contributed by atoms with Crippen LogP contribution in [-0.2, 0) is 14.8 Å². The highest BCUT2D eigenvalue weighted by molar-refractivity contribution is 7.89. The summed E-state index contributed by atoms with van der Waals surface area (Å²) in [6, 6.07) is 18.0. The predicted octanol–water partition coefficient (Wildman–Crippen LogP) is 4.22. The molecule has 0 radical (unpaired) electrons. The molecule has 3 aliphatic rings. The van der Waals surface area contributed by atoms with Crippen molar-refractivity contribution in [1.29, 1.82) is 0 Å². The largest absolute Gasteiger partial charge is 0.482 e. The molecule has 1 amide bonds. The zero-order valence-corrected chi connectivity index (χ0v) is 24.6. The molecule has 2 saturated heterocycles. The first-order valence-corrected chi connectivity index (χ1v) is 15.7. The Morgan fingerprint density at radius 3 is 2.51 bits per heavy atom. The molecule has 2 unspecified atom stereocenters. The van der Waals surface area contributed by atoms with Gasteiger partial charge in [0.15, 0.2) is 6.61 Å². The number of aryl methyl sites for hydroxylation is 2. The van der Waals surface area contributed by atoms with E-state index in [1.165, 1.54) is 22.8 Å². The van der Waals surface area contributed by atoms with Gasteiger partial charge in [-0.25, -0.2) is 8.42 Å². The van der Waals surface area contributed by atoms with Crippen molar-refractivity contribution in [2.75, 3.05) is 38.2 Å². The zero-order chi connectivity index (χ0) is 28.9. The van der Waals surface area contributed by atoms with Crippen LogP contribution in [0.25, 0.3) is 11.1 Å².